The molecule has 5 heteroatoms. The average Bonchev–Trinajstić information content (AvgIpc) is 2.53. The number of morpholine rings is 1. The van der Waals surface area contributed by atoms with Gasteiger partial charge in [-0.3, -0.25) is 4.90 Å². The van der Waals surface area contributed by atoms with Crippen molar-refractivity contribution in [2.45, 2.75) is 6.10 Å². The van der Waals surface area contributed by atoms with E-state index >= 15 is 0 Å². The Labute approximate surface area is 76.5 Å². The van der Waals surface area contributed by atoms with Gasteiger partial charge in [0.15, 0.2) is 6.10 Å². The van der Waals surface area contributed by atoms with Gasteiger partial charge < -0.3 is 14.2 Å². The van der Waals surface area contributed by atoms with Crippen LogP contribution in [-0.2, 0) is 14.2 Å². The largest absolute Gasteiger partial charge is 0.508 e. The summed E-state index contributed by atoms with van der Waals surface area (Å²) in [5, 5.41) is 0. The number of ether oxygens (including phenoxy) is 3. The molecule has 0 saturated carbocycles. The van der Waals surface area contributed by atoms with Crippen molar-refractivity contribution in [3.05, 3.63) is 0 Å². The third kappa shape index (κ3) is 2.32. The van der Waals surface area contributed by atoms with E-state index < -0.39 is 6.16 Å². The smallest absolute Gasteiger partial charge is 0.430 e. The molecule has 2 rings (SSSR count). The van der Waals surface area contributed by atoms with Gasteiger partial charge in [0.1, 0.15) is 6.61 Å². The van der Waals surface area contributed by atoms with Crippen LogP contribution >= 0.6 is 0 Å². The summed E-state index contributed by atoms with van der Waals surface area (Å²) < 4.78 is 14.8. The Hall–Kier alpha value is -0.810. The summed E-state index contributed by atoms with van der Waals surface area (Å²) >= 11 is 0. The van der Waals surface area contributed by atoms with E-state index in [-0.39, 0.29) is 6.10 Å². The Morgan fingerprint density at radius 3 is 2.77 bits per heavy atom. The molecule has 5 nitrogen and oxygen atoms in total. The van der Waals surface area contributed by atoms with Gasteiger partial charge in [-0.15, -0.1) is 0 Å². The molecule has 0 radical (unpaired) electrons. The third-order valence-electron chi connectivity index (χ3n) is 2.22. The minimum atomic E-state index is -0.543. The molecule has 0 aromatic heterocycles. The summed E-state index contributed by atoms with van der Waals surface area (Å²) in [6.07, 6.45) is -0.635. The van der Waals surface area contributed by atoms with Crippen molar-refractivity contribution in [2.24, 2.45) is 0 Å². The van der Waals surface area contributed by atoms with Crippen LogP contribution in [0.5, 0.6) is 0 Å². The molecule has 74 valence electrons. The lowest BCUT2D eigenvalue weighted by atomic mass is 10.3. The van der Waals surface area contributed by atoms with Crippen LogP contribution in [0.3, 0.4) is 0 Å². The first-order valence-corrected chi connectivity index (χ1v) is 4.48. The molecule has 1 atom stereocenters. The molecule has 2 aliphatic heterocycles. The predicted molar refractivity (Wildman–Crippen MR) is 43.5 cm³/mol. The van der Waals surface area contributed by atoms with Gasteiger partial charge in [-0.25, -0.2) is 4.79 Å². The van der Waals surface area contributed by atoms with Crippen LogP contribution in [0.15, 0.2) is 0 Å². The van der Waals surface area contributed by atoms with Gasteiger partial charge in [-0.1, -0.05) is 0 Å². The molecule has 0 bridgehead atoms. The van der Waals surface area contributed by atoms with Crippen LogP contribution in [0.4, 0.5) is 4.79 Å². The zero-order valence-corrected chi connectivity index (χ0v) is 7.40. The molecule has 2 aliphatic rings. The second-order valence-corrected chi connectivity index (χ2v) is 3.21. The zero-order valence-electron chi connectivity index (χ0n) is 7.40. The number of hydrogen-bond acceptors (Lipinski definition) is 5. The first kappa shape index (κ1) is 8.77. The molecule has 1 unspecified atom stereocenters. The molecule has 0 amide bonds. The van der Waals surface area contributed by atoms with Gasteiger partial charge in [0, 0.05) is 19.6 Å². The van der Waals surface area contributed by atoms with Crippen LogP contribution in [0.25, 0.3) is 0 Å². The number of carbonyl (C=O) groups excluding carboxylic acids is 1. The minimum absolute atomic E-state index is 0.0920. The number of carbonyl (C=O) groups is 1. The minimum Gasteiger partial charge on any atom is -0.430 e. The monoisotopic (exact) mass is 187 g/mol. The molecule has 0 aromatic rings. The van der Waals surface area contributed by atoms with Gasteiger partial charge in [-0.05, 0) is 0 Å². The fraction of sp³-hybridized carbons (Fsp3) is 0.875. The lowest BCUT2D eigenvalue weighted by molar-refractivity contribution is 0.0188. The van der Waals surface area contributed by atoms with Crippen molar-refractivity contribution >= 4 is 6.16 Å². The fourth-order valence-electron chi connectivity index (χ4n) is 1.53. The molecule has 0 N–H and O–H groups in total. The van der Waals surface area contributed by atoms with Crippen molar-refractivity contribution in [3.63, 3.8) is 0 Å². The maximum atomic E-state index is 10.6. The van der Waals surface area contributed by atoms with Gasteiger partial charge in [0.25, 0.3) is 0 Å². The van der Waals surface area contributed by atoms with Crippen LogP contribution in [-0.4, -0.2) is 56.6 Å². The Bertz CT molecular complexity index is 191. The summed E-state index contributed by atoms with van der Waals surface area (Å²) in [7, 11) is 0. The molecule has 0 spiro atoms. The highest BCUT2D eigenvalue weighted by Crippen LogP contribution is 2.08. The summed E-state index contributed by atoms with van der Waals surface area (Å²) in [5.74, 6) is 0. The number of cyclic esters (lactones) is 2. The number of rotatable bonds is 2. The van der Waals surface area contributed by atoms with Crippen LogP contribution in [0, 0.1) is 0 Å². The van der Waals surface area contributed by atoms with Crippen molar-refractivity contribution in [1.29, 1.82) is 0 Å². The first-order chi connectivity index (χ1) is 6.34. The lowest BCUT2D eigenvalue weighted by Gasteiger charge is -2.27. The van der Waals surface area contributed by atoms with Crippen molar-refractivity contribution in [1.82, 2.24) is 4.90 Å². The third-order valence-corrected chi connectivity index (χ3v) is 2.22. The van der Waals surface area contributed by atoms with E-state index in [2.05, 4.69) is 9.64 Å². The summed E-state index contributed by atoms with van der Waals surface area (Å²) in [5.41, 5.74) is 0. The summed E-state index contributed by atoms with van der Waals surface area (Å²) in [4.78, 5) is 12.8. The Kier molecular flexibility index (Phi) is 2.65. The second-order valence-electron chi connectivity index (χ2n) is 3.21. The normalized spacial score (nSPS) is 29.8. The highest BCUT2D eigenvalue weighted by atomic mass is 16.8. The number of nitrogens with zero attached hydrogens (tertiary/aromatic N) is 1. The quantitative estimate of drug-likeness (QED) is 0.563. The highest BCUT2D eigenvalue weighted by Gasteiger charge is 2.27. The molecule has 2 fully saturated rings. The molecule has 13 heavy (non-hydrogen) atoms. The fourth-order valence-corrected chi connectivity index (χ4v) is 1.53. The summed E-state index contributed by atoms with van der Waals surface area (Å²) in [6.45, 7) is 4.50. The van der Waals surface area contributed by atoms with Crippen molar-refractivity contribution < 1.29 is 19.0 Å². The van der Waals surface area contributed by atoms with Gasteiger partial charge in [0.2, 0.25) is 0 Å². The van der Waals surface area contributed by atoms with Crippen LogP contribution in [0.2, 0.25) is 0 Å². The Balaban J connectivity index is 1.73. The molecular formula is C8H13NO4. The van der Waals surface area contributed by atoms with E-state index in [0.29, 0.717) is 6.61 Å². The maximum Gasteiger partial charge on any atom is 0.508 e. The SMILES string of the molecule is O=C1OCC(CN2CCOCC2)O1. The van der Waals surface area contributed by atoms with Crippen molar-refractivity contribution in [3.8, 4) is 0 Å². The van der Waals surface area contributed by atoms with Crippen LogP contribution in [0.1, 0.15) is 0 Å². The highest BCUT2D eigenvalue weighted by molar-refractivity contribution is 5.61. The van der Waals surface area contributed by atoms with Gasteiger partial charge in [-0.2, -0.15) is 0 Å². The van der Waals surface area contributed by atoms with E-state index in [4.69, 9.17) is 9.47 Å². The lowest BCUT2D eigenvalue weighted by Crippen LogP contribution is -2.41. The molecule has 0 aromatic carbocycles. The molecular weight excluding hydrogens is 174 g/mol. The van der Waals surface area contributed by atoms with Gasteiger partial charge >= 0.3 is 6.16 Å². The topological polar surface area (TPSA) is 48.0 Å². The molecule has 2 heterocycles. The summed E-state index contributed by atoms with van der Waals surface area (Å²) in [6, 6.07) is 0. The standard InChI is InChI=1S/C8H13NO4/c10-8-12-6-7(13-8)5-9-1-3-11-4-2-9/h7H,1-6H2. The molecule has 0 aliphatic carbocycles. The zero-order chi connectivity index (χ0) is 9.10. The Morgan fingerprint density at radius 2 is 2.15 bits per heavy atom. The maximum absolute atomic E-state index is 10.6. The number of hydrogen-bond donors (Lipinski definition) is 0. The van der Waals surface area contributed by atoms with Crippen molar-refractivity contribution in [2.75, 3.05) is 39.5 Å². The Morgan fingerprint density at radius 1 is 1.38 bits per heavy atom. The van der Waals surface area contributed by atoms with E-state index in [1.165, 1.54) is 0 Å². The van der Waals surface area contributed by atoms with E-state index in [9.17, 15) is 4.79 Å². The van der Waals surface area contributed by atoms with E-state index in [0.717, 1.165) is 32.8 Å². The molecule has 2 saturated heterocycles. The van der Waals surface area contributed by atoms with Gasteiger partial charge in [0.05, 0.1) is 13.2 Å². The second kappa shape index (κ2) is 3.93. The van der Waals surface area contributed by atoms with E-state index in [1.807, 2.05) is 0 Å². The van der Waals surface area contributed by atoms with E-state index in [1.54, 1.807) is 0 Å². The predicted octanol–water partition coefficient (Wildman–Crippen LogP) is -0.146. The van der Waals surface area contributed by atoms with Crippen LogP contribution < -0.4 is 0 Å². The first-order valence-electron chi connectivity index (χ1n) is 4.48. The average molecular weight is 187 g/mol.